The Labute approximate surface area is 190 Å². The number of hydrogen-bond acceptors (Lipinski definition) is 5. The number of carbonyl (C=O) groups is 1. The molecule has 3 aromatic heterocycles. The number of nitrogens with zero attached hydrogens (tertiary/aromatic N) is 3. The first kappa shape index (κ1) is 21.1. The molecule has 4 aromatic rings. The Kier molecular flexibility index (Phi) is 5.51. The summed E-state index contributed by atoms with van der Waals surface area (Å²) >= 11 is 0. The molecule has 33 heavy (non-hydrogen) atoms. The van der Waals surface area contributed by atoms with Crippen molar-refractivity contribution >= 4 is 22.6 Å². The van der Waals surface area contributed by atoms with Crippen LogP contribution in [-0.4, -0.2) is 32.6 Å². The van der Waals surface area contributed by atoms with Gasteiger partial charge in [0.2, 0.25) is 0 Å². The number of fused-ring (bicyclic) bond motifs is 2. The van der Waals surface area contributed by atoms with Crippen molar-refractivity contribution in [3.05, 3.63) is 87.8 Å². The molecule has 1 fully saturated rings. The van der Waals surface area contributed by atoms with E-state index in [2.05, 4.69) is 10.3 Å². The van der Waals surface area contributed by atoms with Crippen LogP contribution in [0.25, 0.3) is 16.7 Å². The highest BCUT2D eigenvalue weighted by atomic mass is 16.5. The topological polar surface area (TPSA) is 101 Å². The zero-order valence-corrected chi connectivity index (χ0v) is 18.3. The van der Waals surface area contributed by atoms with Crippen molar-refractivity contribution in [2.24, 2.45) is 0 Å². The van der Waals surface area contributed by atoms with E-state index >= 15 is 0 Å². The van der Waals surface area contributed by atoms with Gasteiger partial charge in [0.25, 0.3) is 11.5 Å². The van der Waals surface area contributed by atoms with E-state index in [1.807, 2.05) is 43.3 Å². The van der Waals surface area contributed by atoms with Crippen LogP contribution in [-0.2, 0) is 11.3 Å². The van der Waals surface area contributed by atoms with Gasteiger partial charge in [-0.2, -0.15) is 0 Å². The van der Waals surface area contributed by atoms with Gasteiger partial charge >= 0.3 is 0 Å². The molecule has 1 aliphatic rings. The molecule has 5 rings (SSSR count). The SMILES string of the molecule is C[C@@H](NC(=O)c1cc2c(=O)n3ccccc3nc2n(C[C@@H]2CCCO2)c1=N)c1ccccc1. The summed E-state index contributed by atoms with van der Waals surface area (Å²) in [6, 6.07) is 16.2. The van der Waals surface area contributed by atoms with Gasteiger partial charge in [-0.15, -0.1) is 0 Å². The second-order valence-corrected chi connectivity index (χ2v) is 8.34. The number of nitrogens with one attached hydrogen (secondary N) is 2. The van der Waals surface area contributed by atoms with E-state index < -0.39 is 5.91 Å². The first-order valence-corrected chi connectivity index (χ1v) is 11.1. The molecular formula is C25H25N5O3. The molecule has 0 aliphatic carbocycles. The van der Waals surface area contributed by atoms with Crippen molar-refractivity contribution in [2.75, 3.05) is 6.61 Å². The van der Waals surface area contributed by atoms with Gasteiger partial charge < -0.3 is 14.6 Å². The van der Waals surface area contributed by atoms with Crippen LogP contribution >= 0.6 is 0 Å². The van der Waals surface area contributed by atoms with Crippen LogP contribution in [0.5, 0.6) is 0 Å². The molecule has 0 bridgehead atoms. The van der Waals surface area contributed by atoms with E-state index in [1.165, 1.54) is 10.5 Å². The molecule has 4 heterocycles. The summed E-state index contributed by atoms with van der Waals surface area (Å²) in [6.45, 7) is 2.92. The van der Waals surface area contributed by atoms with Gasteiger partial charge in [-0.1, -0.05) is 36.4 Å². The van der Waals surface area contributed by atoms with E-state index in [-0.39, 0.29) is 28.8 Å². The molecule has 0 unspecified atom stereocenters. The molecule has 0 radical (unpaired) electrons. The van der Waals surface area contributed by atoms with Crippen molar-refractivity contribution in [1.82, 2.24) is 19.3 Å². The fourth-order valence-electron chi connectivity index (χ4n) is 4.33. The van der Waals surface area contributed by atoms with E-state index in [0.29, 0.717) is 29.8 Å². The number of carbonyl (C=O) groups excluding carboxylic acids is 1. The minimum absolute atomic E-state index is 0.0166. The van der Waals surface area contributed by atoms with Gasteiger partial charge in [-0.05, 0) is 43.5 Å². The summed E-state index contributed by atoms with van der Waals surface area (Å²) in [5, 5.41) is 12.1. The molecule has 1 aliphatic heterocycles. The van der Waals surface area contributed by atoms with Crippen LogP contribution in [0.3, 0.4) is 0 Å². The highest BCUT2D eigenvalue weighted by Crippen LogP contribution is 2.17. The van der Waals surface area contributed by atoms with Crippen molar-refractivity contribution in [3.63, 3.8) is 0 Å². The fraction of sp³-hybridized carbons (Fsp3) is 0.280. The number of pyridine rings is 2. The average molecular weight is 444 g/mol. The van der Waals surface area contributed by atoms with Crippen LogP contribution < -0.4 is 16.4 Å². The molecule has 168 valence electrons. The molecule has 2 atom stereocenters. The van der Waals surface area contributed by atoms with Crippen molar-refractivity contribution in [1.29, 1.82) is 5.41 Å². The normalized spacial score (nSPS) is 16.8. The monoisotopic (exact) mass is 443 g/mol. The summed E-state index contributed by atoms with van der Waals surface area (Å²) in [4.78, 5) is 31.2. The highest BCUT2D eigenvalue weighted by molar-refractivity contribution is 5.97. The molecule has 0 spiro atoms. The third-order valence-electron chi connectivity index (χ3n) is 6.12. The number of ether oxygens (including phenoxy) is 1. The Hall–Kier alpha value is -3.78. The van der Waals surface area contributed by atoms with Gasteiger partial charge in [0.15, 0.2) is 0 Å². The molecule has 1 aromatic carbocycles. The Bertz CT molecular complexity index is 1450. The minimum Gasteiger partial charge on any atom is -0.376 e. The van der Waals surface area contributed by atoms with Gasteiger partial charge in [0.05, 0.1) is 29.6 Å². The lowest BCUT2D eigenvalue weighted by molar-refractivity contribution is 0.0923. The lowest BCUT2D eigenvalue weighted by Crippen LogP contribution is -2.37. The van der Waals surface area contributed by atoms with Crippen LogP contribution in [0.4, 0.5) is 0 Å². The van der Waals surface area contributed by atoms with Crippen molar-refractivity contribution in [3.8, 4) is 0 Å². The standard InChI is InChI=1S/C25H25N5O3/c1-16(17-8-3-2-4-9-17)27-24(31)19-14-20-23(28-21-11-5-6-12-29(21)25(20)32)30(22(19)26)15-18-10-7-13-33-18/h2-6,8-9,11-12,14,16,18,26H,7,10,13,15H2,1H3,(H,27,31)/t16-,18+/m1/s1. The molecule has 1 amide bonds. The molecule has 8 nitrogen and oxygen atoms in total. The number of hydrogen-bond donors (Lipinski definition) is 2. The van der Waals surface area contributed by atoms with Gasteiger partial charge in [-0.25, -0.2) is 4.98 Å². The van der Waals surface area contributed by atoms with Gasteiger partial charge in [0.1, 0.15) is 16.8 Å². The molecule has 1 saturated heterocycles. The molecule has 0 saturated carbocycles. The summed E-state index contributed by atoms with van der Waals surface area (Å²) < 4.78 is 8.88. The quantitative estimate of drug-likeness (QED) is 0.463. The zero-order chi connectivity index (χ0) is 22.9. The number of amides is 1. The summed E-state index contributed by atoms with van der Waals surface area (Å²) in [7, 11) is 0. The molecular weight excluding hydrogens is 418 g/mol. The van der Waals surface area contributed by atoms with E-state index in [1.54, 1.807) is 22.9 Å². The highest BCUT2D eigenvalue weighted by Gasteiger charge is 2.22. The largest absolute Gasteiger partial charge is 0.376 e. The number of aromatic nitrogens is 3. The maximum absolute atomic E-state index is 13.3. The van der Waals surface area contributed by atoms with E-state index in [0.717, 1.165) is 18.4 Å². The van der Waals surface area contributed by atoms with E-state index in [9.17, 15) is 9.59 Å². The van der Waals surface area contributed by atoms with Crippen LogP contribution in [0.2, 0.25) is 0 Å². The third kappa shape index (κ3) is 3.93. The van der Waals surface area contributed by atoms with E-state index in [4.69, 9.17) is 10.1 Å². The van der Waals surface area contributed by atoms with Gasteiger partial charge in [-0.3, -0.25) is 19.4 Å². The Balaban J connectivity index is 1.65. The van der Waals surface area contributed by atoms with Crippen LogP contribution in [0.15, 0.2) is 65.6 Å². The molecule has 2 N–H and O–H groups in total. The number of benzene rings is 1. The number of rotatable bonds is 5. The second kappa shape index (κ2) is 8.63. The van der Waals surface area contributed by atoms with Crippen molar-refractivity contribution in [2.45, 2.75) is 38.5 Å². The first-order valence-electron chi connectivity index (χ1n) is 11.1. The summed E-state index contributed by atoms with van der Waals surface area (Å²) in [6.07, 6.45) is 3.38. The lowest BCUT2D eigenvalue weighted by Gasteiger charge is -2.19. The average Bonchev–Trinajstić information content (AvgIpc) is 3.35. The van der Waals surface area contributed by atoms with Crippen LogP contribution in [0, 0.1) is 5.41 Å². The maximum Gasteiger partial charge on any atom is 0.267 e. The fourth-order valence-corrected chi connectivity index (χ4v) is 4.33. The second-order valence-electron chi connectivity index (χ2n) is 8.34. The minimum atomic E-state index is -0.406. The Morgan fingerprint density at radius 3 is 2.79 bits per heavy atom. The molecule has 8 heteroatoms. The first-order chi connectivity index (χ1) is 16.0. The summed E-state index contributed by atoms with van der Waals surface area (Å²) in [5.74, 6) is -0.406. The predicted octanol–water partition coefficient (Wildman–Crippen LogP) is 2.80. The Morgan fingerprint density at radius 2 is 2.03 bits per heavy atom. The van der Waals surface area contributed by atoms with Gasteiger partial charge in [0, 0.05) is 12.8 Å². The summed E-state index contributed by atoms with van der Waals surface area (Å²) in [5.41, 5.74) is 1.71. The third-order valence-corrected chi connectivity index (χ3v) is 6.12. The smallest absolute Gasteiger partial charge is 0.267 e. The van der Waals surface area contributed by atoms with Crippen molar-refractivity contribution < 1.29 is 9.53 Å². The Morgan fingerprint density at radius 1 is 1.24 bits per heavy atom. The maximum atomic E-state index is 13.3. The lowest BCUT2D eigenvalue weighted by atomic mass is 10.1. The zero-order valence-electron chi connectivity index (χ0n) is 18.3. The predicted molar refractivity (Wildman–Crippen MR) is 124 cm³/mol. The van der Waals surface area contributed by atoms with Crippen LogP contribution in [0.1, 0.15) is 41.7 Å².